The van der Waals surface area contributed by atoms with Gasteiger partial charge in [-0.15, -0.1) is 0 Å². The van der Waals surface area contributed by atoms with Gasteiger partial charge < -0.3 is 9.32 Å². The molecule has 2 heteroatoms. The molecule has 10 rings (SSSR count). The summed E-state index contributed by atoms with van der Waals surface area (Å²) < 4.78 is 6.10. The third kappa shape index (κ3) is 5.26. The Morgan fingerprint density at radius 3 is 1.66 bits per heavy atom. The lowest BCUT2D eigenvalue weighted by atomic mass is 9.82. The molecule has 0 saturated carbocycles. The first-order chi connectivity index (χ1) is 26.0. The molecule has 1 aromatic heterocycles. The second kappa shape index (κ2) is 12.3. The standard InChI is InChI=1S/C51H37NO/c1-51(2)47-17-8-6-15-43(47)44-29-28-42(33-48(44)51)52(40-24-19-35(20-25-40)34-11-4-3-5-12-34)41-26-21-36(22-27-41)37-13-10-14-38(31-37)39-23-30-50-46(32-39)45-16-7-9-18-49(45)53-50/h3-33H,1-2H3. The first kappa shape index (κ1) is 31.1. The third-order valence-electron chi connectivity index (χ3n) is 11.1. The van der Waals surface area contributed by atoms with E-state index in [-0.39, 0.29) is 5.41 Å². The fourth-order valence-corrected chi connectivity index (χ4v) is 8.30. The van der Waals surface area contributed by atoms with E-state index in [2.05, 4.69) is 195 Å². The van der Waals surface area contributed by atoms with Gasteiger partial charge in [-0.05, 0) is 116 Å². The van der Waals surface area contributed by atoms with E-state index in [1.807, 2.05) is 12.1 Å². The third-order valence-corrected chi connectivity index (χ3v) is 11.1. The maximum absolute atomic E-state index is 6.10. The van der Waals surface area contributed by atoms with Crippen molar-refractivity contribution in [3.8, 4) is 44.5 Å². The van der Waals surface area contributed by atoms with E-state index in [9.17, 15) is 0 Å². The number of fused-ring (bicyclic) bond motifs is 6. The topological polar surface area (TPSA) is 16.4 Å². The Labute approximate surface area is 310 Å². The van der Waals surface area contributed by atoms with Gasteiger partial charge in [0, 0.05) is 33.2 Å². The van der Waals surface area contributed by atoms with Crippen molar-refractivity contribution < 1.29 is 4.42 Å². The number of hydrogen-bond acceptors (Lipinski definition) is 2. The van der Waals surface area contributed by atoms with Crippen LogP contribution in [-0.4, -0.2) is 0 Å². The molecule has 8 aromatic carbocycles. The summed E-state index contributed by atoms with van der Waals surface area (Å²) in [6.07, 6.45) is 0. The number of benzene rings is 8. The van der Waals surface area contributed by atoms with E-state index in [0.717, 1.165) is 39.0 Å². The summed E-state index contributed by atoms with van der Waals surface area (Å²) in [6, 6.07) is 68.0. The Hall–Kier alpha value is -6.64. The van der Waals surface area contributed by atoms with Gasteiger partial charge in [0.15, 0.2) is 0 Å². The molecule has 1 aliphatic rings. The highest BCUT2D eigenvalue weighted by Crippen LogP contribution is 2.50. The SMILES string of the molecule is CC1(C)c2ccccc2-c2ccc(N(c3ccc(-c4ccccc4)cc3)c3ccc(-c4cccc(-c5ccc6oc7ccccc7c6c5)c4)cc3)cc21. The summed E-state index contributed by atoms with van der Waals surface area (Å²) in [4.78, 5) is 2.39. The van der Waals surface area contributed by atoms with Gasteiger partial charge in [-0.2, -0.15) is 0 Å². The number of rotatable bonds is 6. The number of anilines is 3. The maximum Gasteiger partial charge on any atom is 0.135 e. The summed E-state index contributed by atoms with van der Waals surface area (Å²) in [5.74, 6) is 0. The Morgan fingerprint density at radius 2 is 0.887 bits per heavy atom. The minimum absolute atomic E-state index is 0.0884. The van der Waals surface area contributed by atoms with Crippen molar-refractivity contribution >= 4 is 39.0 Å². The molecule has 252 valence electrons. The van der Waals surface area contributed by atoms with Gasteiger partial charge in [0.05, 0.1) is 0 Å². The van der Waals surface area contributed by atoms with Crippen LogP contribution >= 0.6 is 0 Å². The lowest BCUT2D eigenvalue weighted by Crippen LogP contribution is -2.16. The minimum Gasteiger partial charge on any atom is -0.456 e. The van der Waals surface area contributed by atoms with E-state index in [4.69, 9.17) is 4.42 Å². The van der Waals surface area contributed by atoms with Gasteiger partial charge in [0.2, 0.25) is 0 Å². The summed E-state index contributed by atoms with van der Waals surface area (Å²) in [5.41, 5.74) is 17.7. The van der Waals surface area contributed by atoms with E-state index >= 15 is 0 Å². The fraction of sp³-hybridized carbons (Fsp3) is 0.0588. The molecule has 0 atom stereocenters. The second-order valence-electron chi connectivity index (χ2n) is 14.6. The quantitative estimate of drug-likeness (QED) is 0.174. The van der Waals surface area contributed by atoms with E-state index in [1.54, 1.807) is 0 Å². The lowest BCUT2D eigenvalue weighted by molar-refractivity contribution is 0.660. The van der Waals surface area contributed by atoms with E-state index in [1.165, 1.54) is 55.6 Å². The first-order valence-electron chi connectivity index (χ1n) is 18.3. The summed E-state index contributed by atoms with van der Waals surface area (Å²) >= 11 is 0. The Kier molecular flexibility index (Phi) is 7.19. The molecule has 0 unspecified atom stereocenters. The normalized spacial score (nSPS) is 12.9. The predicted molar refractivity (Wildman–Crippen MR) is 222 cm³/mol. The van der Waals surface area contributed by atoms with Crippen molar-refractivity contribution in [1.82, 2.24) is 0 Å². The van der Waals surface area contributed by atoms with Crippen LogP contribution in [0.4, 0.5) is 17.1 Å². The smallest absolute Gasteiger partial charge is 0.135 e. The minimum atomic E-state index is -0.0884. The summed E-state index contributed by atoms with van der Waals surface area (Å²) in [5, 5.41) is 2.29. The zero-order chi connectivity index (χ0) is 35.5. The van der Waals surface area contributed by atoms with Gasteiger partial charge in [-0.3, -0.25) is 0 Å². The van der Waals surface area contributed by atoms with Crippen molar-refractivity contribution in [2.45, 2.75) is 19.3 Å². The van der Waals surface area contributed by atoms with E-state index < -0.39 is 0 Å². The van der Waals surface area contributed by atoms with Crippen LogP contribution in [0.1, 0.15) is 25.0 Å². The molecule has 53 heavy (non-hydrogen) atoms. The zero-order valence-corrected chi connectivity index (χ0v) is 29.8. The molecular weight excluding hydrogens is 643 g/mol. The maximum atomic E-state index is 6.10. The van der Waals surface area contributed by atoms with Gasteiger partial charge in [0.25, 0.3) is 0 Å². The Morgan fingerprint density at radius 1 is 0.358 bits per heavy atom. The highest BCUT2D eigenvalue weighted by atomic mass is 16.3. The van der Waals surface area contributed by atoms with Crippen LogP contribution in [0.5, 0.6) is 0 Å². The Balaban J connectivity index is 1.03. The van der Waals surface area contributed by atoms with Crippen LogP contribution in [-0.2, 0) is 5.41 Å². The molecule has 0 bridgehead atoms. The molecule has 0 saturated heterocycles. The number of hydrogen-bond donors (Lipinski definition) is 0. The highest BCUT2D eigenvalue weighted by Gasteiger charge is 2.35. The van der Waals surface area contributed by atoms with Crippen LogP contribution in [0.2, 0.25) is 0 Å². The lowest BCUT2D eigenvalue weighted by Gasteiger charge is -2.28. The molecule has 0 N–H and O–H groups in total. The van der Waals surface area contributed by atoms with Crippen LogP contribution in [0.25, 0.3) is 66.4 Å². The predicted octanol–water partition coefficient (Wildman–Crippen LogP) is 14.4. The number of para-hydroxylation sites is 1. The van der Waals surface area contributed by atoms with Gasteiger partial charge in [0.1, 0.15) is 11.2 Å². The molecule has 0 amide bonds. The number of nitrogens with zero attached hydrogens (tertiary/aromatic N) is 1. The van der Waals surface area contributed by atoms with Gasteiger partial charge in [-0.1, -0.05) is 141 Å². The van der Waals surface area contributed by atoms with Crippen molar-refractivity contribution in [2.75, 3.05) is 4.90 Å². The molecular formula is C51H37NO. The largest absolute Gasteiger partial charge is 0.456 e. The second-order valence-corrected chi connectivity index (χ2v) is 14.6. The highest BCUT2D eigenvalue weighted by molar-refractivity contribution is 6.06. The van der Waals surface area contributed by atoms with Crippen molar-refractivity contribution in [2.24, 2.45) is 0 Å². The molecule has 1 heterocycles. The van der Waals surface area contributed by atoms with Crippen LogP contribution in [0.15, 0.2) is 192 Å². The summed E-state index contributed by atoms with van der Waals surface area (Å²) in [6.45, 7) is 4.69. The molecule has 1 aliphatic carbocycles. The van der Waals surface area contributed by atoms with Gasteiger partial charge >= 0.3 is 0 Å². The molecule has 0 spiro atoms. The van der Waals surface area contributed by atoms with Gasteiger partial charge in [-0.25, -0.2) is 0 Å². The Bertz CT molecular complexity index is 2790. The van der Waals surface area contributed by atoms with Crippen LogP contribution < -0.4 is 4.90 Å². The van der Waals surface area contributed by atoms with Crippen molar-refractivity contribution in [1.29, 1.82) is 0 Å². The monoisotopic (exact) mass is 679 g/mol. The van der Waals surface area contributed by atoms with Crippen LogP contribution in [0, 0.1) is 0 Å². The molecule has 0 radical (unpaired) electrons. The average Bonchev–Trinajstić information content (AvgIpc) is 3.70. The zero-order valence-electron chi connectivity index (χ0n) is 29.8. The fourth-order valence-electron chi connectivity index (χ4n) is 8.30. The average molecular weight is 680 g/mol. The van der Waals surface area contributed by atoms with E-state index in [0.29, 0.717) is 0 Å². The number of furan rings is 1. The first-order valence-corrected chi connectivity index (χ1v) is 18.3. The molecule has 2 nitrogen and oxygen atoms in total. The molecule has 0 fully saturated rings. The van der Waals surface area contributed by atoms with Crippen LogP contribution in [0.3, 0.4) is 0 Å². The summed E-state index contributed by atoms with van der Waals surface area (Å²) in [7, 11) is 0. The van der Waals surface area contributed by atoms with Crippen molar-refractivity contribution in [3.05, 3.63) is 199 Å². The van der Waals surface area contributed by atoms with Crippen molar-refractivity contribution in [3.63, 3.8) is 0 Å². The molecule has 9 aromatic rings. The molecule has 0 aliphatic heterocycles.